The van der Waals surface area contributed by atoms with Crippen LogP contribution in [-0.4, -0.2) is 32.3 Å². The number of para-hydroxylation sites is 2. The zero-order valence-corrected chi connectivity index (χ0v) is 19.8. The van der Waals surface area contributed by atoms with Gasteiger partial charge in [0.05, 0.1) is 39.0 Å². The molecule has 0 saturated heterocycles. The number of thioether (sulfide) groups is 1. The molecule has 0 atom stereocenters. The van der Waals surface area contributed by atoms with Crippen molar-refractivity contribution in [2.75, 3.05) is 5.75 Å². The van der Waals surface area contributed by atoms with Gasteiger partial charge in [0.1, 0.15) is 0 Å². The second-order valence-corrected chi connectivity index (χ2v) is 8.78. The Balaban J connectivity index is 1.56. The van der Waals surface area contributed by atoms with Crippen molar-refractivity contribution in [3.63, 3.8) is 0 Å². The highest BCUT2D eigenvalue weighted by atomic mass is 79.9. The molecule has 4 aromatic rings. The van der Waals surface area contributed by atoms with Crippen LogP contribution in [0.15, 0.2) is 92.3 Å². The summed E-state index contributed by atoms with van der Waals surface area (Å²) in [6, 6.07) is 20.3. The van der Waals surface area contributed by atoms with Gasteiger partial charge in [-0.2, -0.15) is 5.10 Å². The van der Waals surface area contributed by atoms with Crippen LogP contribution in [0.4, 0.5) is 5.69 Å². The van der Waals surface area contributed by atoms with Gasteiger partial charge in [0.15, 0.2) is 5.16 Å². The Morgan fingerprint density at radius 1 is 1.12 bits per heavy atom. The lowest BCUT2D eigenvalue weighted by atomic mass is 10.2. The molecule has 0 bridgehead atoms. The molecule has 0 saturated carbocycles. The number of carbonyl (C=O) groups excluding carboxylic acids is 1. The third kappa shape index (κ3) is 5.21. The highest BCUT2D eigenvalue weighted by Crippen LogP contribution is 2.22. The van der Waals surface area contributed by atoms with E-state index >= 15 is 0 Å². The molecular weight excluding hydrogens is 522 g/mol. The number of fused-ring (bicyclic) bond motifs is 1. The predicted molar refractivity (Wildman–Crippen MR) is 135 cm³/mol. The van der Waals surface area contributed by atoms with Gasteiger partial charge in [0.25, 0.3) is 17.2 Å². The molecule has 0 unspecified atom stereocenters. The van der Waals surface area contributed by atoms with Crippen LogP contribution in [-0.2, 0) is 4.79 Å². The summed E-state index contributed by atoms with van der Waals surface area (Å²) in [4.78, 5) is 40.7. The average molecular weight is 538 g/mol. The van der Waals surface area contributed by atoms with E-state index in [1.54, 1.807) is 48.5 Å². The number of amides is 1. The highest BCUT2D eigenvalue weighted by molar-refractivity contribution is 9.10. The molecule has 34 heavy (non-hydrogen) atoms. The summed E-state index contributed by atoms with van der Waals surface area (Å²) in [5, 5.41) is 15.7. The summed E-state index contributed by atoms with van der Waals surface area (Å²) in [7, 11) is 0. The first kappa shape index (κ1) is 23.3. The Morgan fingerprint density at radius 2 is 1.82 bits per heavy atom. The van der Waals surface area contributed by atoms with Crippen molar-refractivity contribution in [2.45, 2.75) is 5.16 Å². The number of carbonyl (C=O) groups is 1. The summed E-state index contributed by atoms with van der Waals surface area (Å²) in [6.07, 6.45) is 1.22. The van der Waals surface area contributed by atoms with Crippen molar-refractivity contribution < 1.29 is 9.72 Å². The van der Waals surface area contributed by atoms with Gasteiger partial charge in [0, 0.05) is 10.5 Å². The molecule has 1 aromatic heterocycles. The van der Waals surface area contributed by atoms with Crippen molar-refractivity contribution >= 4 is 56.4 Å². The van der Waals surface area contributed by atoms with Gasteiger partial charge in [0.2, 0.25) is 0 Å². The van der Waals surface area contributed by atoms with Crippen molar-refractivity contribution in [2.24, 2.45) is 5.10 Å². The van der Waals surface area contributed by atoms with E-state index in [9.17, 15) is 19.7 Å². The van der Waals surface area contributed by atoms with Crippen LogP contribution in [0.25, 0.3) is 16.6 Å². The first-order valence-electron chi connectivity index (χ1n) is 9.90. The van der Waals surface area contributed by atoms with Gasteiger partial charge in [-0.25, -0.2) is 10.4 Å². The van der Waals surface area contributed by atoms with Crippen molar-refractivity contribution in [3.8, 4) is 5.69 Å². The molecule has 0 radical (unpaired) electrons. The zero-order chi connectivity index (χ0) is 24.1. The van der Waals surface area contributed by atoms with Crippen LogP contribution in [0.5, 0.6) is 0 Å². The molecule has 1 N–H and O–H groups in total. The molecule has 0 aliphatic carbocycles. The van der Waals surface area contributed by atoms with Gasteiger partial charge in [-0.05, 0) is 42.5 Å². The minimum Gasteiger partial charge on any atom is -0.272 e. The summed E-state index contributed by atoms with van der Waals surface area (Å²) in [5.74, 6) is -0.528. The van der Waals surface area contributed by atoms with Gasteiger partial charge in [-0.3, -0.25) is 24.3 Å². The van der Waals surface area contributed by atoms with Gasteiger partial charge in [-0.1, -0.05) is 52.0 Å². The van der Waals surface area contributed by atoms with E-state index in [-0.39, 0.29) is 22.6 Å². The molecule has 0 fully saturated rings. The number of nitrogens with one attached hydrogen (secondary N) is 1. The number of rotatable bonds is 7. The van der Waals surface area contributed by atoms with Gasteiger partial charge in [-0.15, -0.1) is 0 Å². The second kappa shape index (κ2) is 10.4. The molecular formula is C23H16BrN5O4S. The summed E-state index contributed by atoms with van der Waals surface area (Å²) < 4.78 is 2.33. The smallest absolute Gasteiger partial charge is 0.272 e. The molecule has 11 heteroatoms. The Kier molecular flexibility index (Phi) is 7.14. The minimum absolute atomic E-state index is 0.0739. The fourth-order valence-corrected chi connectivity index (χ4v) is 4.20. The maximum atomic E-state index is 13.2. The Bertz CT molecular complexity index is 1470. The molecule has 1 heterocycles. The Labute approximate surface area is 205 Å². The standard InChI is InChI=1S/C23H16BrN5O4S/c24-16-9-11-17(12-10-16)28-22(31)18-6-2-3-7-19(18)26-23(28)34-14-21(30)27-25-13-15-5-1-4-8-20(15)29(32)33/h1-13H,14H2,(H,27,30)/b25-13-. The first-order valence-corrected chi connectivity index (χ1v) is 11.7. The lowest BCUT2D eigenvalue weighted by Crippen LogP contribution is -2.24. The number of nitro groups is 1. The molecule has 0 aliphatic rings. The van der Waals surface area contributed by atoms with E-state index in [0.29, 0.717) is 21.7 Å². The number of halogens is 1. The van der Waals surface area contributed by atoms with Crippen molar-refractivity contribution in [3.05, 3.63) is 103 Å². The number of hydrogen-bond donors (Lipinski definition) is 1. The minimum atomic E-state index is -0.522. The van der Waals surface area contributed by atoms with Crippen molar-refractivity contribution in [1.82, 2.24) is 15.0 Å². The number of nitrogens with zero attached hydrogens (tertiary/aromatic N) is 4. The van der Waals surface area contributed by atoms with E-state index in [1.165, 1.54) is 22.9 Å². The quantitative estimate of drug-likeness (QED) is 0.123. The zero-order valence-electron chi connectivity index (χ0n) is 17.4. The topological polar surface area (TPSA) is 119 Å². The first-order chi connectivity index (χ1) is 16.4. The monoisotopic (exact) mass is 537 g/mol. The maximum absolute atomic E-state index is 13.2. The maximum Gasteiger partial charge on any atom is 0.278 e. The van der Waals surface area contributed by atoms with Crippen LogP contribution in [0.2, 0.25) is 0 Å². The Morgan fingerprint density at radius 3 is 2.59 bits per heavy atom. The molecule has 170 valence electrons. The van der Waals surface area contributed by atoms with Gasteiger partial charge < -0.3 is 0 Å². The SMILES string of the molecule is O=C(CSc1nc2ccccc2c(=O)n1-c1ccc(Br)cc1)N/N=C\c1ccccc1[N+](=O)[O-]. The van der Waals surface area contributed by atoms with E-state index in [1.807, 2.05) is 12.1 Å². The predicted octanol–water partition coefficient (Wildman–Crippen LogP) is 4.30. The summed E-state index contributed by atoms with van der Waals surface area (Å²) >= 11 is 4.47. The molecule has 4 rings (SSSR count). The van der Waals surface area contributed by atoms with Crippen LogP contribution in [0.1, 0.15) is 5.56 Å². The summed E-state index contributed by atoms with van der Waals surface area (Å²) in [5.41, 5.74) is 3.39. The lowest BCUT2D eigenvalue weighted by Gasteiger charge is -2.13. The van der Waals surface area contributed by atoms with E-state index in [2.05, 4.69) is 31.4 Å². The van der Waals surface area contributed by atoms with Crippen LogP contribution < -0.4 is 11.0 Å². The fraction of sp³-hybridized carbons (Fsp3) is 0.0435. The van der Waals surface area contributed by atoms with Crippen LogP contribution in [0, 0.1) is 10.1 Å². The molecule has 9 nitrogen and oxygen atoms in total. The normalized spacial score (nSPS) is 11.1. The number of nitro benzene ring substituents is 1. The number of benzene rings is 3. The molecule has 0 aliphatic heterocycles. The van der Waals surface area contributed by atoms with Crippen LogP contribution in [0.3, 0.4) is 0 Å². The Hall–Kier alpha value is -3.83. The third-order valence-corrected chi connectivity index (χ3v) is 6.16. The molecule has 1 amide bonds. The second-order valence-electron chi connectivity index (χ2n) is 6.93. The van der Waals surface area contributed by atoms with Gasteiger partial charge >= 0.3 is 0 Å². The van der Waals surface area contributed by atoms with Crippen LogP contribution >= 0.6 is 27.7 Å². The average Bonchev–Trinajstić information content (AvgIpc) is 2.84. The third-order valence-electron chi connectivity index (χ3n) is 4.69. The van der Waals surface area contributed by atoms with Crippen molar-refractivity contribution in [1.29, 1.82) is 0 Å². The largest absolute Gasteiger partial charge is 0.278 e. The number of hydrogen-bond acceptors (Lipinski definition) is 7. The fourth-order valence-electron chi connectivity index (χ4n) is 3.13. The number of hydrazone groups is 1. The molecule has 3 aromatic carbocycles. The number of aromatic nitrogens is 2. The highest BCUT2D eigenvalue weighted by Gasteiger charge is 2.15. The van der Waals surface area contributed by atoms with E-state index < -0.39 is 10.8 Å². The lowest BCUT2D eigenvalue weighted by molar-refractivity contribution is -0.385. The van der Waals surface area contributed by atoms with E-state index in [4.69, 9.17) is 0 Å². The summed E-state index contributed by atoms with van der Waals surface area (Å²) in [6.45, 7) is 0. The molecule has 0 spiro atoms. The van der Waals surface area contributed by atoms with E-state index in [0.717, 1.165) is 16.2 Å².